The molecule has 0 saturated carbocycles. The second kappa shape index (κ2) is 6.22. The van der Waals surface area contributed by atoms with Crippen LogP contribution in [0.5, 0.6) is 0 Å². The summed E-state index contributed by atoms with van der Waals surface area (Å²) >= 11 is 0. The number of carbonyl (C=O) groups is 1. The largest absolute Gasteiger partial charge is 0.445 e. The predicted octanol–water partition coefficient (Wildman–Crippen LogP) is 2.77. The molecule has 1 aliphatic heterocycles. The number of hydrogen-bond acceptors (Lipinski definition) is 3. The Kier molecular flexibility index (Phi) is 4.60. The minimum atomic E-state index is -1.20. The van der Waals surface area contributed by atoms with Crippen LogP contribution in [-0.2, 0) is 16.1 Å². The van der Waals surface area contributed by atoms with E-state index in [2.05, 4.69) is 0 Å². The van der Waals surface area contributed by atoms with Gasteiger partial charge in [-0.25, -0.2) is 9.18 Å². The Bertz CT molecular complexity index is 454. The van der Waals surface area contributed by atoms with E-state index in [1.165, 1.54) is 12.0 Å². The second-order valence-electron chi connectivity index (χ2n) is 5.22. The van der Waals surface area contributed by atoms with Gasteiger partial charge in [-0.1, -0.05) is 30.3 Å². The van der Waals surface area contributed by atoms with E-state index < -0.39 is 17.9 Å². The van der Waals surface area contributed by atoms with Crippen LogP contribution in [0, 0.1) is 0 Å². The van der Waals surface area contributed by atoms with Crippen molar-refractivity contribution in [3.05, 3.63) is 35.9 Å². The van der Waals surface area contributed by atoms with Gasteiger partial charge < -0.3 is 14.4 Å². The van der Waals surface area contributed by atoms with Crippen LogP contribution < -0.4 is 0 Å². The fraction of sp³-hybridized carbons (Fsp3) is 0.533. The number of ether oxygens (including phenoxy) is 2. The van der Waals surface area contributed by atoms with Crippen molar-refractivity contribution in [2.45, 2.75) is 31.7 Å². The summed E-state index contributed by atoms with van der Waals surface area (Å²) < 4.78 is 24.4. The summed E-state index contributed by atoms with van der Waals surface area (Å²) in [4.78, 5) is 13.3. The topological polar surface area (TPSA) is 38.8 Å². The highest BCUT2D eigenvalue weighted by atomic mass is 19.1. The number of nitrogens with zero attached hydrogens (tertiary/aromatic N) is 1. The number of amides is 1. The zero-order valence-corrected chi connectivity index (χ0v) is 11.8. The molecule has 0 aliphatic carbocycles. The Morgan fingerprint density at radius 2 is 2.15 bits per heavy atom. The molecule has 1 aliphatic rings. The number of likely N-dealkylation sites (tertiary alicyclic amines) is 1. The molecule has 0 bridgehead atoms. The van der Waals surface area contributed by atoms with Crippen LogP contribution in [0.4, 0.5) is 9.18 Å². The molecule has 4 nitrogen and oxygen atoms in total. The van der Waals surface area contributed by atoms with E-state index in [-0.39, 0.29) is 13.2 Å². The van der Waals surface area contributed by atoms with E-state index in [4.69, 9.17) is 9.47 Å². The van der Waals surface area contributed by atoms with Gasteiger partial charge >= 0.3 is 6.09 Å². The quantitative estimate of drug-likeness (QED) is 0.855. The number of hydrogen-bond donors (Lipinski definition) is 0. The average molecular weight is 281 g/mol. The maximum Gasteiger partial charge on any atom is 0.410 e. The first-order chi connectivity index (χ1) is 9.55. The van der Waals surface area contributed by atoms with Gasteiger partial charge in [0.05, 0.1) is 12.1 Å². The smallest absolute Gasteiger partial charge is 0.410 e. The van der Waals surface area contributed by atoms with Crippen LogP contribution >= 0.6 is 0 Å². The summed E-state index contributed by atoms with van der Waals surface area (Å²) in [6.07, 6.45) is -1.22. The Morgan fingerprint density at radius 1 is 1.45 bits per heavy atom. The zero-order chi connectivity index (χ0) is 14.6. The number of methoxy groups -OCH3 is 1. The third kappa shape index (κ3) is 3.28. The van der Waals surface area contributed by atoms with Crippen molar-refractivity contribution in [2.24, 2.45) is 0 Å². The third-order valence-electron chi connectivity index (χ3n) is 3.85. The van der Waals surface area contributed by atoms with Crippen molar-refractivity contribution in [3.63, 3.8) is 0 Å². The highest BCUT2D eigenvalue weighted by molar-refractivity contribution is 5.67. The van der Waals surface area contributed by atoms with Crippen LogP contribution in [0.1, 0.15) is 18.9 Å². The molecule has 1 heterocycles. The van der Waals surface area contributed by atoms with Crippen LogP contribution in [0.2, 0.25) is 0 Å². The molecule has 0 aromatic heterocycles. The van der Waals surface area contributed by atoms with E-state index >= 15 is 0 Å². The summed E-state index contributed by atoms with van der Waals surface area (Å²) in [7, 11) is 1.50. The number of piperidine rings is 1. The maximum atomic E-state index is 14.0. The number of alkyl halides is 1. The van der Waals surface area contributed by atoms with Gasteiger partial charge in [0.2, 0.25) is 0 Å². The van der Waals surface area contributed by atoms with E-state index in [9.17, 15) is 9.18 Å². The SMILES string of the molecule is CO[C@@]1(C)CCN(C(=O)OCc2ccccc2)C[C@H]1F. The molecule has 5 heteroatoms. The van der Waals surface area contributed by atoms with Crippen LogP contribution in [0.3, 0.4) is 0 Å². The van der Waals surface area contributed by atoms with E-state index in [1.54, 1.807) is 6.92 Å². The molecular formula is C15H20FNO3. The fourth-order valence-corrected chi connectivity index (χ4v) is 2.20. The van der Waals surface area contributed by atoms with Crippen LogP contribution in [0.15, 0.2) is 30.3 Å². The molecule has 0 unspecified atom stereocenters. The van der Waals surface area contributed by atoms with Gasteiger partial charge in [0.15, 0.2) is 0 Å². The number of halogens is 1. The molecule has 1 amide bonds. The Balaban J connectivity index is 1.85. The van der Waals surface area contributed by atoms with Crippen molar-refractivity contribution in [2.75, 3.05) is 20.2 Å². The van der Waals surface area contributed by atoms with Crippen molar-refractivity contribution in [1.29, 1.82) is 0 Å². The summed E-state index contributed by atoms with van der Waals surface area (Å²) in [5, 5.41) is 0. The molecule has 0 spiro atoms. The Labute approximate surface area is 118 Å². The minimum Gasteiger partial charge on any atom is -0.445 e. The van der Waals surface area contributed by atoms with E-state index in [1.807, 2.05) is 30.3 Å². The highest BCUT2D eigenvalue weighted by Crippen LogP contribution is 2.28. The molecule has 0 radical (unpaired) electrons. The lowest BCUT2D eigenvalue weighted by Crippen LogP contribution is -2.54. The second-order valence-corrected chi connectivity index (χ2v) is 5.22. The maximum absolute atomic E-state index is 14.0. The first-order valence-corrected chi connectivity index (χ1v) is 6.70. The summed E-state index contributed by atoms with van der Waals surface area (Å²) in [5.74, 6) is 0. The van der Waals surface area contributed by atoms with Crippen molar-refractivity contribution >= 4 is 6.09 Å². The fourth-order valence-electron chi connectivity index (χ4n) is 2.20. The predicted molar refractivity (Wildman–Crippen MR) is 73.1 cm³/mol. The molecular weight excluding hydrogens is 261 g/mol. The van der Waals surface area contributed by atoms with Crippen molar-refractivity contribution < 1.29 is 18.7 Å². The first kappa shape index (κ1) is 14.8. The van der Waals surface area contributed by atoms with Gasteiger partial charge in [-0.15, -0.1) is 0 Å². The van der Waals surface area contributed by atoms with Crippen LogP contribution in [0.25, 0.3) is 0 Å². The number of benzene rings is 1. The number of rotatable bonds is 3. The molecule has 2 atom stereocenters. The van der Waals surface area contributed by atoms with Gasteiger partial charge in [0.1, 0.15) is 12.8 Å². The highest BCUT2D eigenvalue weighted by Gasteiger charge is 2.41. The molecule has 2 rings (SSSR count). The molecule has 110 valence electrons. The molecule has 1 fully saturated rings. The monoisotopic (exact) mass is 281 g/mol. The van der Waals surface area contributed by atoms with Gasteiger partial charge in [-0.2, -0.15) is 0 Å². The van der Waals surface area contributed by atoms with E-state index in [0.717, 1.165) is 5.56 Å². The normalized spacial score (nSPS) is 26.4. The lowest BCUT2D eigenvalue weighted by atomic mass is 9.92. The van der Waals surface area contributed by atoms with Gasteiger partial charge in [0.25, 0.3) is 0 Å². The zero-order valence-electron chi connectivity index (χ0n) is 11.8. The third-order valence-corrected chi connectivity index (χ3v) is 3.85. The number of carbonyl (C=O) groups excluding carboxylic acids is 1. The van der Waals surface area contributed by atoms with Crippen LogP contribution in [-0.4, -0.2) is 43.0 Å². The standard InChI is InChI=1S/C15H20FNO3/c1-15(19-2)8-9-17(10-13(15)16)14(18)20-11-12-6-4-3-5-7-12/h3-7,13H,8-11H2,1-2H3/t13-,15+/m1/s1. The average Bonchev–Trinajstić information content (AvgIpc) is 2.48. The molecule has 20 heavy (non-hydrogen) atoms. The van der Waals surface area contributed by atoms with Crippen molar-refractivity contribution in [1.82, 2.24) is 4.90 Å². The summed E-state index contributed by atoms with van der Waals surface area (Å²) in [6, 6.07) is 9.42. The lowest BCUT2D eigenvalue weighted by Gasteiger charge is -2.40. The van der Waals surface area contributed by atoms with Crippen molar-refractivity contribution in [3.8, 4) is 0 Å². The summed E-state index contributed by atoms with van der Waals surface area (Å²) in [6.45, 7) is 2.38. The molecule has 1 aromatic carbocycles. The first-order valence-electron chi connectivity index (χ1n) is 6.70. The molecule has 1 saturated heterocycles. The lowest BCUT2D eigenvalue weighted by molar-refractivity contribution is -0.0949. The Morgan fingerprint density at radius 3 is 2.75 bits per heavy atom. The molecule has 1 aromatic rings. The minimum absolute atomic E-state index is 0.0119. The van der Waals surface area contributed by atoms with Gasteiger partial charge in [-0.05, 0) is 18.9 Å². The summed E-state index contributed by atoms with van der Waals surface area (Å²) in [5.41, 5.74) is 0.104. The van der Waals surface area contributed by atoms with Gasteiger partial charge in [0, 0.05) is 13.7 Å². The van der Waals surface area contributed by atoms with Gasteiger partial charge in [-0.3, -0.25) is 0 Å². The molecule has 0 N–H and O–H groups in total. The van der Waals surface area contributed by atoms with E-state index in [0.29, 0.717) is 13.0 Å². The Hall–Kier alpha value is -1.62.